The Morgan fingerprint density at radius 1 is 1.32 bits per heavy atom. The molecule has 1 fully saturated rings. The molecule has 0 unspecified atom stereocenters. The molecule has 0 atom stereocenters. The van der Waals surface area contributed by atoms with Crippen LogP contribution >= 0.6 is 0 Å². The van der Waals surface area contributed by atoms with E-state index in [0.717, 1.165) is 11.1 Å². The van der Waals surface area contributed by atoms with Gasteiger partial charge in [-0.15, -0.1) is 0 Å². The lowest BCUT2D eigenvalue weighted by Crippen LogP contribution is -2.52. The molecule has 19 heavy (non-hydrogen) atoms. The van der Waals surface area contributed by atoms with E-state index in [2.05, 4.69) is 5.32 Å². The van der Waals surface area contributed by atoms with Crippen LogP contribution in [0.1, 0.15) is 5.76 Å². The summed E-state index contributed by atoms with van der Waals surface area (Å²) < 4.78 is 23.8. The van der Waals surface area contributed by atoms with E-state index in [4.69, 9.17) is 9.15 Å². The molecular weight excluding hydrogens is 249 g/mol. The van der Waals surface area contributed by atoms with E-state index in [9.17, 15) is 9.50 Å². The lowest BCUT2D eigenvalue weighted by molar-refractivity contribution is -0.134. The van der Waals surface area contributed by atoms with Crippen LogP contribution in [-0.4, -0.2) is 31.5 Å². The summed E-state index contributed by atoms with van der Waals surface area (Å²) in [7, 11) is 0. The van der Waals surface area contributed by atoms with Gasteiger partial charge >= 0.3 is 0 Å². The van der Waals surface area contributed by atoms with Crippen molar-refractivity contribution >= 4 is 11.0 Å². The van der Waals surface area contributed by atoms with Crippen LogP contribution in [-0.2, 0) is 11.3 Å². The van der Waals surface area contributed by atoms with Gasteiger partial charge in [0.15, 0.2) is 0 Å². The maximum atomic E-state index is 13.1. The first-order valence-electron chi connectivity index (χ1n) is 6.28. The molecule has 2 N–H and O–H groups in total. The molecule has 0 spiro atoms. The number of halogens is 1. The fourth-order valence-electron chi connectivity index (χ4n) is 2.25. The minimum Gasteiger partial charge on any atom is -0.460 e. The number of hydrogen-bond acceptors (Lipinski definition) is 4. The number of hydrogen-bond donors (Lipinski definition) is 2. The predicted octanol–water partition coefficient (Wildman–Crippen LogP) is 1.67. The van der Waals surface area contributed by atoms with Crippen molar-refractivity contribution in [2.24, 2.45) is 5.41 Å². The average molecular weight is 265 g/mol. The molecule has 2 heterocycles. The van der Waals surface area contributed by atoms with Gasteiger partial charge in [-0.2, -0.15) is 0 Å². The Balaban J connectivity index is 1.62. The van der Waals surface area contributed by atoms with Crippen LogP contribution < -0.4 is 5.32 Å². The molecule has 102 valence electrons. The maximum Gasteiger partial charge on any atom is 0.134 e. The molecule has 3 rings (SSSR count). The van der Waals surface area contributed by atoms with Crippen LogP contribution in [0.5, 0.6) is 0 Å². The van der Waals surface area contributed by atoms with Gasteiger partial charge in [0.2, 0.25) is 0 Å². The topological polar surface area (TPSA) is 54.6 Å². The Morgan fingerprint density at radius 2 is 2.16 bits per heavy atom. The predicted molar refractivity (Wildman–Crippen MR) is 68.2 cm³/mol. The highest BCUT2D eigenvalue weighted by Crippen LogP contribution is 2.26. The van der Waals surface area contributed by atoms with Gasteiger partial charge in [-0.1, -0.05) is 0 Å². The van der Waals surface area contributed by atoms with Crippen LogP contribution in [0.15, 0.2) is 28.7 Å². The van der Waals surface area contributed by atoms with Crippen molar-refractivity contribution in [3.05, 3.63) is 35.8 Å². The van der Waals surface area contributed by atoms with Gasteiger partial charge in [-0.3, -0.25) is 0 Å². The Kier molecular flexibility index (Phi) is 3.26. The number of furan rings is 1. The van der Waals surface area contributed by atoms with Gasteiger partial charge in [0.1, 0.15) is 17.2 Å². The van der Waals surface area contributed by atoms with Gasteiger partial charge in [-0.25, -0.2) is 4.39 Å². The van der Waals surface area contributed by atoms with Gasteiger partial charge in [-0.05, 0) is 24.3 Å². The average Bonchev–Trinajstić information content (AvgIpc) is 2.74. The SMILES string of the molecule is OCC1(CNCc2cc3cc(F)ccc3o2)COC1. The molecule has 0 saturated carbocycles. The fourth-order valence-corrected chi connectivity index (χ4v) is 2.25. The molecule has 1 aliphatic rings. The second kappa shape index (κ2) is 4.92. The summed E-state index contributed by atoms with van der Waals surface area (Å²) in [6, 6.07) is 6.30. The maximum absolute atomic E-state index is 13.1. The summed E-state index contributed by atoms with van der Waals surface area (Å²) in [5.41, 5.74) is 0.528. The number of ether oxygens (including phenoxy) is 1. The molecule has 0 amide bonds. The Morgan fingerprint density at radius 3 is 2.84 bits per heavy atom. The molecule has 0 aliphatic carbocycles. The first-order valence-corrected chi connectivity index (χ1v) is 6.28. The van der Waals surface area contributed by atoms with Gasteiger partial charge in [0, 0.05) is 11.9 Å². The molecule has 0 radical (unpaired) electrons. The zero-order valence-electron chi connectivity index (χ0n) is 10.5. The highest BCUT2D eigenvalue weighted by Gasteiger charge is 2.37. The summed E-state index contributed by atoms with van der Waals surface area (Å²) in [5, 5.41) is 13.3. The minimum atomic E-state index is -0.265. The lowest BCUT2D eigenvalue weighted by atomic mass is 9.87. The van der Waals surface area contributed by atoms with Gasteiger partial charge < -0.3 is 19.6 Å². The zero-order valence-corrected chi connectivity index (χ0v) is 10.5. The second-order valence-corrected chi connectivity index (χ2v) is 5.15. The monoisotopic (exact) mass is 265 g/mol. The summed E-state index contributed by atoms with van der Waals surface area (Å²) in [4.78, 5) is 0. The number of aliphatic hydroxyl groups is 1. The summed E-state index contributed by atoms with van der Waals surface area (Å²) >= 11 is 0. The summed E-state index contributed by atoms with van der Waals surface area (Å²) in [5.74, 6) is 0.493. The molecule has 4 nitrogen and oxygen atoms in total. The van der Waals surface area contributed by atoms with Gasteiger partial charge in [0.05, 0.1) is 31.8 Å². The highest BCUT2D eigenvalue weighted by molar-refractivity contribution is 5.77. The molecule has 0 bridgehead atoms. The third kappa shape index (κ3) is 2.49. The van der Waals surface area contributed by atoms with Crippen LogP contribution in [0.4, 0.5) is 4.39 Å². The first kappa shape index (κ1) is 12.6. The standard InChI is InChI=1S/C14H16FNO3/c15-11-1-2-13-10(3-11)4-12(19-13)5-16-6-14(7-17)8-18-9-14/h1-4,16-17H,5-9H2. The van der Waals surface area contributed by atoms with E-state index in [0.29, 0.717) is 31.9 Å². The van der Waals surface area contributed by atoms with Gasteiger partial charge in [0.25, 0.3) is 0 Å². The van der Waals surface area contributed by atoms with Crippen molar-refractivity contribution in [1.82, 2.24) is 5.32 Å². The molecule has 1 saturated heterocycles. The Hall–Kier alpha value is -1.43. The van der Waals surface area contributed by atoms with Crippen LogP contribution in [0.25, 0.3) is 11.0 Å². The smallest absolute Gasteiger partial charge is 0.134 e. The third-order valence-electron chi connectivity index (χ3n) is 3.48. The van der Waals surface area contributed by atoms with E-state index in [-0.39, 0.29) is 17.8 Å². The third-order valence-corrected chi connectivity index (χ3v) is 3.48. The Labute approximate surface area is 110 Å². The molecule has 5 heteroatoms. The van der Waals surface area contributed by atoms with Crippen LogP contribution in [0.2, 0.25) is 0 Å². The number of nitrogens with one attached hydrogen (secondary N) is 1. The van der Waals surface area contributed by atoms with Crippen molar-refractivity contribution in [2.45, 2.75) is 6.54 Å². The summed E-state index contributed by atoms with van der Waals surface area (Å²) in [6.45, 7) is 2.52. The molecule has 1 aromatic carbocycles. The lowest BCUT2D eigenvalue weighted by Gasteiger charge is -2.39. The molecule has 1 aliphatic heterocycles. The highest BCUT2D eigenvalue weighted by atomic mass is 19.1. The minimum absolute atomic E-state index is 0.116. The summed E-state index contributed by atoms with van der Waals surface area (Å²) in [6.07, 6.45) is 0. The largest absolute Gasteiger partial charge is 0.460 e. The number of rotatable bonds is 5. The molecule has 1 aromatic heterocycles. The second-order valence-electron chi connectivity index (χ2n) is 5.15. The van der Waals surface area contributed by atoms with Crippen LogP contribution in [0, 0.1) is 11.2 Å². The van der Waals surface area contributed by atoms with E-state index < -0.39 is 0 Å². The van der Waals surface area contributed by atoms with E-state index in [1.807, 2.05) is 6.07 Å². The zero-order chi connectivity index (χ0) is 13.3. The van der Waals surface area contributed by atoms with Crippen molar-refractivity contribution in [1.29, 1.82) is 0 Å². The Bertz CT molecular complexity index is 572. The fraction of sp³-hybridized carbons (Fsp3) is 0.429. The number of aliphatic hydroxyl groups excluding tert-OH is 1. The van der Waals surface area contributed by atoms with Crippen molar-refractivity contribution in [3.8, 4) is 0 Å². The van der Waals surface area contributed by atoms with Crippen molar-refractivity contribution in [3.63, 3.8) is 0 Å². The van der Waals surface area contributed by atoms with E-state index in [1.165, 1.54) is 12.1 Å². The molecular formula is C14H16FNO3. The van der Waals surface area contributed by atoms with Crippen molar-refractivity contribution in [2.75, 3.05) is 26.4 Å². The first-order chi connectivity index (χ1) is 9.21. The van der Waals surface area contributed by atoms with Crippen LogP contribution in [0.3, 0.4) is 0 Å². The normalized spacial score (nSPS) is 17.6. The van der Waals surface area contributed by atoms with E-state index in [1.54, 1.807) is 6.07 Å². The van der Waals surface area contributed by atoms with E-state index >= 15 is 0 Å². The van der Waals surface area contributed by atoms with Crippen molar-refractivity contribution < 1.29 is 18.7 Å². The quantitative estimate of drug-likeness (QED) is 0.863. The number of benzene rings is 1. The molecule has 2 aromatic rings. The number of fused-ring (bicyclic) bond motifs is 1.